The Bertz CT molecular complexity index is 375. The molecule has 0 aromatic heterocycles. The van der Waals surface area contributed by atoms with E-state index in [2.05, 4.69) is 0 Å². The summed E-state index contributed by atoms with van der Waals surface area (Å²) in [6.45, 7) is 1.14. The summed E-state index contributed by atoms with van der Waals surface area (Å²) in [5, 5.41) is 0.693. The van der Waals surface area contributed by atoms with Crippen molar-refractivity contribution in [1.29, 1.82) is 0 Å². The van der Waals surface area contributed by atoms with E-state index in [0.29, 0.717) is 11.6 Å². The largest absolute Gasteiger partial charge is 0.496 e. The van der Waals surface area contributed by atoms with Crippen molar-refractivity contribution in [3.8, 4) is 5.75 Å². The number of halogens is 1. The van der Waals surface area contributed by atoms with Crippen LogP contribution in [0.2, 0.25) is 5.02 Å². The molecule has 2 N–H and O–H groups in total. The molecule has 0 bridgehead atoms. The second kappa shape index (κ2) is 5.23. The average molecular weight is 240 g/mol. The molecule has 1 heterocycles. The third-order valence-corrected chi connectivity index (χ3v) is 2.59. The molecule has 4 heteroatoms. The van der Waals surface area contributed by atoms with Gasteiger partial charge in [0.2, 0.25) is 0 Å². The van der Waals surface area contributed by atoms with E-state index in [4.69, 9.17) is 26.8 Å². The molecule has 1 unspecified atom stereocenters. The summed E-state index contributed by atoms with van der Waals surface area (Å²) in [6, 6.07) is 7.01. The fourth-order valence-corrected chi connectivity index (χ4v) is 1.62. The molecule has 16 heavy (non-hydrogen) atoms. The summed E-state index contributed by atoms with van der Waals surface area (Å²) in [5.74, 6) is 1.59. The Morgan fingerprint density at radius 3 is 2.75 bits per heavy atom. The topological polar surface area (TPSA) is 44.5 Å². The second-order valence-electron chi connectivity index (χ2n) is 3.62. The van der Waals surface area contributed by atoms with Gasteiger partial charge in [-0.2, -0.15) is 0 Å². The van der Waals surface area contributed by atoms with Gasteiger partial charge < -0.3 is 15.2 Å². The molecule has 0 fully saturated rings. The lowest BCUT2D eigenvalue weighted by atomic mass is 10.2. The Balaban J connectivity index is 1.84. The summed E-state index contributed by atoms with van der Waals surface area (Å²) >= 11 is 5.77. The predicted octanol–water partition coefficient (Wildman–Crippen LogP) is 2.35. The molecule has 0 saturated heterocycles. The molecule has 0 amide bonds. The van der Waals surface area contributed by atoms with Crippen molar-refractivity contribution < 1.29 is 9.47 Å². The minimum absolute atomic E-state index is 0.196. The van der Waals surface area contributed by atoms with E-state index >= 15 is 0 Å². The summed E-state index contributed by atoms with van der Waals surface area (Å²) in [5.41, 5.74) is 5.91. The van der Waals surface area contributed by atoms with Gasteiger partial charge in [-0.3, -0.25) is 0 Å². The van der Waals surface area contributed by atoms with Crippen molar-refractivity contribution in [2.75, 3.05) is 13.2 Å². The highest BCUT2D eigenvalue weighted by molar-refractivity contribution is 6.30. The molecule has 2 rings (SSSR count). The zero-order chi connectivity index (χ0) is 11.4. The predicted molar refractivity (Wildman–Crippen MR) is 63.6 cm³/mol. The first-order valence-corrected chi connectivity index (χ1v) is 5.60. The summed E-state index contributed by atoms with van der Waals surface area (Å²) in [7, 11) is 0. The van der Waals surface area contributed by atoms with Gasteiger partial charge in [0, 0.05) is 11.4 Å². The molecule has 3 nitrogen and oxygen atoms in total. The number of nitrogens with two attached hydrogens (primary N) is 1. The van der Waals surface area contributed by atoms with Crippen molar-refractivity contribution in [2.24, 2.45) is 5.73 Å². The van der Waals surface area contributed by atoms with E-state index in [1.807, 2.05) is 18.2 Å². The van der Waals surface area contributed by atoms with Gasteiger partial charge in [0.1, 0.15) is 18.1 Å². The Morgan fingerprint density at radius 1 is 1.38 bits per heavy atom. The van der Waals surface area contributed by atoms with E-state index in [0.717, 1.165) is 24.5 Å². The number of hydrogen-bond donors (Lipinski definition) is 1. The highest BCUT2D eigenvalue weighted by Crippen LogP contribution is 2.17. The monoisotopic (exact) mass is 239 g/mol. The van der Waals surface area contributed by atoms with E-state index in [-0.39, 0.29) is 6.04 Å². The van der Waals surface area contributed by atoms with Gasteiger partial charge in [0.15, 0.2) is 0 Å². The third-order valence-electron chi connectivity index (χ3n) is 2.34. The molecular weight excluding hydrogens is 226 g/mol. The van der Waals surface area contributed by atoms with Crippen molar-refractivity contribution >= 4 is 11.6 Å². The Labute approximate surface area is 99.8 Å². The van der Waals surface area contributed by atoms with Crippen LogP contribution in [0.3, 0.4) is 0 Å². The van der Waals surface area contributed by atoms with Gasteiger partial charge in [0.25, 0.3) is 0 Å². The first-order valence-electron chi connectivity index (χ1n) is 5.22. The van der Waals surface area contributed by atoms with Crippen LogP contribution in [-0.4, -0.2) is 19.3 Å². The smallest absolute Gasteiger partial charge is 0.119 e. The number of hydrogen-bond acceptors (Lipinski definition) is 3. The van der Waals surface area contributed by atoms with E-state index in [1.54, 1.807) is 12.1 Å². The average Bonchev–Trinajstić information content (AvgIpc) is 2.81. The molecule has 1 atom stereocenters. The van der Waals surface area contributed by atoms with Crippen LogP contribution in [0.5, 0.6) is 5.75 Å². The summed E-state index contributed by atoms with van der Waals surface area (Å²) in [4.78, 5) is 0. The Kier molecular flexibility index (Phi) is 3.70. The fraction of sp³-hybridized carbons (Fsp3) is 0.333. The van der Waals surface area contributed by atoms with E-state index < -0.39 is 0 Å². The van der Waals surface area contributed by atoms with Crippen LogP contribution in [0, 0.1) is 0 Å². The molecule has 1 aliphatic heterocycles. The molecule has 1 aromatic carbocycles. The standard InChI is InChI=1S/C12H14ClNO2/c13-9-3-5-10(6-4-9)16-8-11(14)12-2-1-7-15-12/h2-6,11H,1,7-8,14H2. The minimum Gasteiger partial charge on any atom is -0.496 e. The Morgan fingerprint density at radius 2 is 2.12 bits per heavy atom. The zero-order valence-corrected chi connectivity index (χ0v) is 9.61. The normalized spacial score (nSPS) is 16.5. The summed E-state index contributed by atoms with van der Waals surface area (Å²) in [6.07, 6.45) is 2.94. The third kappa shape index (κ3) is 2.90. The number of ether oxygens (including phenoxy) is 2. The maximum absolute atomic E-state index is 5.91. The van der Waals surface area contributed by atoms with Crippen molar-refractivity contribution in [1.82, 2.24) is 0 Å². The van der Waals surface area contributed by atoms with Crippen molar-refractivity contribution in [2.45, 2.75) is 12.5 Å². The molecule has 0 aliphatic carbocycles. The number of benzene rings is 1. The van der Waals surface area contributed by atoms with Crippen LogP contribution in [0.1, 0.15) is 6.42 Å². The minimum atomic E-state index is -0.196. The van der Waals surface area contributed by atoms with Crippen molar-refractivity contribution in [3.05, 3.63) is 41.1 Å². The van der Waals surface area contributed by atoms with Gasteiger partial charge >= 0.3 is 0 Å². The highest BCUT2D eigenvalue weighted by atomic mass is 35.5. The lowest BCUT2D eigenvalue weighted by molar-refractivity contribution is 0.198. The van der Waals surface area contributed by atoms with Crippen LogP contribution in [-0.2, 0) is 4.74 Å². The molecule has 0 radical (unpaired) electrons. The van der Waals surface area contributed by atoms with Crippen LogP contribution in [0.4, 0.5) is 0 Å². The molecule has 0 spiro atoms. The molecule has 1 aliphatic rings. The maximum atomic E-state index is 5.91. The maximum Gasteiger partial charge on any atom is 0.119 e. The van der Waals surface area contributed by atoms with Crippen LogP contribution in [0.15, 0.2) is 36.1 Å². The zero-order valence-electron chi connectivity index (χ0n) is 8.86. The molecule has 1 aromatic rings. The first kappa shape index (κ1) is 11.3. The van der Waals surface area contributed by atoms with E-state index in [1.165, 1.54) is 0 Å². The fourth-order valence-electron chi connectivity index (χ4n) is 1.49. The van der Waals surface area contributed by atoms with Crippen LogP contribution >= 0.6 is 11.6 Å². The Hall–Kier alpha value is -1.19. The molecular formula is C12H14ClNO2. The molecule has 0 saturated carbocycles. The van der Waals surface area contributed by atoms with Crippen molar-refractivity contribution in [3.63, 3.8) is 0 Å². The van der Waals surface area contributed by atoms with E-state index in [9.17, 15) is 0 Å². The van der Waals surface area contributed by atoms with Gasteiger partial charge in [-0.1, -0.05) is 11.6 Å². The lowest BCUT2D eigenvalue weighted by Gasteiger charge is -2.14. The number of rotatable bonds is 4. The van der Waals surface area contributed by atoms with Crippen LogP contribution < -0.4 is 10.5 Å². The van der Waals surface area contributed by atoms with Gasteiger partial charge in [-0.05, 0) is 30.3 Å². The highest BCUT2D eigenvalue weighted by Gasteiger charge is 2.15. The van der Waals surface area contributed by atoms with Gasteiger partial charge in [-0.15, -0.1) is 0 Å². The van der Waals surface area contributed by atoms with Gasteiger partial charge in [0.05, 0.1) is 12.6 Å². The lowest BCUT2D eigenvalue weighted by Crippen LogP contribution is -2.30. The van der Waals surface area contributed by atoms with Crippen LogP contribution in [0.25, 0.3) is 0 Å². The molecule has 86 valence electrons. The summed E-state index contributed by atoms with van der Waals surface area (Å²) < 4.78 is 10.9. The first-order chi connectivity index (χ1) is 7.75. The second-order valence-corrected chi connectivity index (χ2v) is 4.05. The quantitative estimate of drug-likeness (QED) is 0.877. The SMILES string of the molecule is NC(COc1ccc(Cl)cc1)C1=CCCO1. The van der Waals surface area contributed by atoms with Gasteiger partial charge in [-0.25, -0.2) is 0 Å².